The minimum Gasteiger partial charge on any atom is -0.409 e. The van der Waals surface area contributed by atoms with Gasteiger partial charge in [0.25, 0.3) is 0 Å². The van der Waals surface area contributed by atoms with Crippen LogP contribution in [-0.4, -0.2) is 46.6 Å². The van der Waals surface area contributed by atoms with Crippen molar-refractivity contribution in [3.63, 3.8) is 0 Å². The Hall–Kier alpha value is -0.850. The largest absolute Gasteiger partial charge is 0.409 e. The lowest BCUT2D eigenvalue weighted by Crippen LogP contribution is -2.53. The number of hydrogen-bond acceptors (Lipinski definition) is 5. The lowest BCUT2D eigenvalue weighted by molar-refractivity contribution is 0.0865. The van der Waals surface area contributed by atoms with Crippen LogP contribution in [0, 0.1) is 5.92 Å². The molecule has 0 saturated heterocycles. The monoisotopic (exact) mass is 219 g/mol. The molecule has 0 aromatic heterocycles. The summed E-state index contributed by atoms with van der Waals surface area (Å²) in [5.41, 5.74) is 4.71. The fourth-order valence-electron chi connectivity index (χ4n) is 1.08. The summed E-state index contributed by atoms with van der Waals surface area (Å²) in [5, 5.41) is 32.7. The van der Waals surface area contributed by atoms with Gasteiger partial charge >= 0.3 is 0 Å². The summed E-state index contributed by atoms with van der Waals surface area (Å²) in [4.78, 5) is 0. The van der Waals surface area contributed by atoms with Gasteiger partial charge in [0.1, 0.15) is 5.84 Å². The van der Waals surface area contributed by atoms with Gasteiger partial charge in [-0.15, -0.1) is 0 Å². The third-order valence-corrected chi connectivity index (χ3v) is 2.69. The zero-order valence-electron chi connectivity index (χ0n) is 9.27. The van der Waals surface area contributed by atoms with E-state index in [-0.39, 0.29) is 25.0 Å². The second-order valence-corrected chi connectivity index (χ2v) is 3.76. The number of amidine groups is 1. The topological polar surface area (TPSA) is 111 Å². The van der Waals surface area contributed by atoms with Gasteiger partial charge in [0.05, 0.1) is 18.8 Å². The Morgan fingerprint density at radius 2 is 2.00 bits per heavy atom. The van der Waals surface area contributed by atoms with Crippen LogP contribution in [0.25, 0.3) is 0 Å². The van der Waals surface area contributed by atoms with Crippen molar-refractivity contribution in [2.45, 2.75) is 25.8 Å². The van der Waals surface area contributed by atoms with Crippen molar-refractivity contribution in [2.75, 3.05) is 19.8 Å². The molecule has 6 heteroatoms. The molecule has 0 aliphatic rings. The summed E-state index contributed by atoms with van der Waals surface area (Å²) < 4.78 is 0. The van der Waals surface area contributed by atoms with Gasteiger partial charge in [-0.1, -0.05) is 19.0 Å². The number of nitrogens with one attached hydrogen (secondary N) is 1. The molecule has 0 aliphatic heterocycles. The molecule has 0 aromatic carbocycles. The molecule has 0 heterocycles. The maximum atomic E-state index is 9.15. The third-order valence-electron chi connectivity index (χ3n) is 2.69. The zero-order valence-corrected chi connectivity index (χ0v) is 9.27. The van der Waals surface area contributed by atoms with Gasteiger partial charge in [-0.2, -0.15) is 0 Å². The molecule has 0 aromatic rings. The highest BCUT2D eigenvalue weighted by molar-refractivity contribution is 5.82. The average molecular weight is 219 g/mol. The van der Waals surface area contributed by atoms with Gasteiger partial charge in [0, 0.05) is 12.5 Å². The lowest BCUT2D eigenvalue weighted by atomic mass is 9.97. The van der Waals surface area contributed by atoms with E-state index in [1.165, 1.54) is 0 Å². The summed E-state index contributed by atoms with van der Waals surface area (Å²) in [6, 6.07) is 0. The molecular formula is C9H21N3O3. The SMILES string of the molecule is CCC(CO)(CO)NCC(C)C(N)=NO. The van der Waals surface area contributed by atoms with Crippen molar-refractivity contribution in [1.29, 1.82) is 0 Å². The lowest BCUT2D eigenvalue weighted by Gasteiger charge is -2.31. The molecule has 0 spiro atoms. The molecule has 0 radical (unpaired) electrons. The highest BCUT2D eigenvalue weighted by Gasteiger charge is 2.26. The van der Waals surface area contributed by atoms with E-state index in [0.717, 1.165) is 0 Å². The maximum Gasteiger partial charge on any atom is 0.143 e. The van der Waals surface area contributed by atoms with Gasteiger partial charge in [-0.25, -0.2) is 0 Å². The van der Waals surface area contributed by atoms with Gasteiger partial charge in [0.2, 0.25) is 0 Å². The quantitative estimate of drug-likeness (QED) is 0.165. The molecule has 1 unspecified atom stereocenters. The first-order chi connectivity index (χ1) is 7.05. The fourth-order valence-corrected chi connectivity index (χ4v) is 1.08. The number of nitrogens with zero attached hydrogens (tertiary/aromatic N) is 1. The highest BCUT2D eigenvalue weighted by atomic mass is 16.4. The Kier molecular flexibility index (Phi) is 6.23. The summed E-state index contributed by atoms with van der Waals surface area (Å²) in [5.74, 6) is -0.0255. The van der Waals surface area contributed by atoms with Crippen LogP contribution in [0.2, 0.25) is 0 Å². The van der Waals surface area contributed by atoms with Crippen LogP contribution in [0.4, 0.5) is 0 Å². The molecule has 0 amide bonds. The second kappa shape index (κ2) is 6.60. The average Bonchev–Trinajstić information content (AvgIpc) is 2.30. The fraction of sp³-hybridized carbons (Fsp3) is 0.889. The maximum absolute atomic E-state index is 9.15. The predicted octanol–water partition coefficient (Wildman–Crippen LogP) is -0.908. The van der Waals surface area contributed by atoms with Gasteiger partial charge in [-0.05, 0) is 6.42 Å². The summed E-state index contributed by atoms with van der Waals surface area (Å²) in [6.07, 6.45) is 0.600. The Bertz CT molecular complexity index is 197. The summed E-state index contributed by atoms with van der Waals surface area (Å²) in [7, 11) is 0. The first-order valence-corrected chi connectivity index (χ1v) is 4.99. The van der Waals surface area contributed by atoms with Crippen molar-refractivity contribution in [1.82, 2.24) is 5.32 Å². The van der Waals surface area contributed by atoms with E-state index in [9.17, 15) is 0 Å². The number of hydrogen-bond donors (Lipinski definition) is 5. The normalized spacial score (nSPS) is 15.3. The smallest absolute Gasteiger partial charge is 0.143 e. The van der Waals surface area contributed by atoms with Crippen LogP contribution in [0.15, 0.2) is 5.16 Å². The zero-order chi connectivity index (χ0) is 11.9. The molecule has 0 saturated carbocycles. The van der Waals surface area contributed by atoms with Crippen LogP contribution in [0.3, 0.4) is 0 Å². The van der Waals surface area contributed by atoms with Crippen molar-refractivity contribution >= 4 is 5.84 Å². The molecule has 0 rings (SSSR count). The van der Waals surface area contributed by atoms with Crippen LogP contribution >= 0.6 is 0 Å². The van der Waals surface area contributed by atoms with Gasteiger partial charge in [0.15, 0.2) is 0 Å². The molecule has 15 heavy (non-hydrogen) atoms. The van der Waals surface area contributed by atoms with Crippen molar-refractivity contribution in [3.05, 3.63) is 0 Å². The molecule has 90 valence electrons. The Balaban J connectivity index is 4.22. The number of aliphatic hydroxyl groups is 2. The van der Waals surface area contributed by atoms with Crippen LogP contribution < -0.4 is 11.1 Å². The molecule has 0 fully saturated rings. The molecule has 0 aliphatic carbocycles. The number of aliphatic hydroxyl groups excluding tert-OH is 2. The summed E-state index contributed by atoms with van der Waals surface area (Å²) >= 11 is 0. The highest BCUT2D eigenvalue weighted by Crippen LogP contribution is 2.09. The van der Waals surface area contributed by atoms with E-state index < -0.39 is 5.54 Å². The molecule has 0 bridgehead atoms. The van der Waals surface area contributed by atoms with Crippen molar-refractivity contribution in [2.24, 2.45) is 16.8 Å². The van der Waals surface area contributed by atoms with Crippen LogP contribution in [0.1, 0.15) is 20.3 Å². The van der Waals surface area contributed by atoms with E-state index in [1.807, 2.05) is 6.92 Å². The van der Waals surface area contributed by atoms with Gasteiger partial charge in [-0.3, -0.25) is 0 Å². The second-order valence-electron chi connectivity index (χ2n) is 3.76. The van der Waals surface area contributed by atoms with Crippen LogP contribution in [0.5, 0.6) is 0 Å². The van der Waals surface area contributed by atoms with Crippen molar-refractivity contribution in [3.8, 4) is 0 Å². The Morgan fingerprint density at radius 3 is 2.33 bits per heavy atom. The Labute approximate surface area is 89.8 Å². The minimum atomic E-state index is -0.690. The van der Waals surface area contributed by atoms with E-state index in [0.29, 0.717) is 13.0 Å². The molecule has 6 N–H and O–H groups in total. The predicted molar refractivity (Wildman–Crippen MR) is 57.8 cm³/mol. The van der Waals surface area contributed by atoms with Gasteiger partial charge < -0.3 is 26.5 Å². The molecule has 1 atom stereocenters. The molecule has 6 nitrogen and oxygen atoms in total. The molecular weight excluding hydrogens is 198 g/mol. The van der Waals surface area contributed by atoms with Crippen LogP contribution in [-0.2, 0) is 0 Å². The standard InChI is InChI=1S/C9H21N3O3/c1-3-9(5-13,6-14)11-4-7(2)8(10)12-15/h7,11,13-15H,3-6H2,1-2H3,(H2,10,12). The van der Waals surface area contributed by atoms with E-state index in [4.69, 9.17) is 21.2 Å². The number of oxime groups is 1. The van der Waals surface area contributed by atoms with Crippen molar-refractivity contribution < 1.29 is 15.4 Å². The summed E-state index contributed by atoms with van der Waals surface area (Å²) in [6.45, 7) is 3.79. The van der Waals surface area contributed by atoms with E-state index in [1.54, 1.807) is 6.92 Å². The number of nitrogens with two attached hydrogens (primary N) is 1. The minimum absolute atomic E-state index is 0.128. The first kappa shape index (κ1) is 14.2. The Morgan fingerprint density at radius 1 is 1.47 bits per heavy atom. The van der Waals surface area contributed by atoms with E-state index in [2.05, 4.69) is 10.5 Å². The third kappa shape index (κ3) is 4.03. The van der Waals surface area contributed by atoms with E-state index >= 15 is 0 Å². The first-order valence-electron chi connectivity index (χ1n) is 4.99. The number of rotatable bonds is 7.